The number of nitrogens with zero attached hydrogens (tertiary/aromatic N) is 5. The lowest BCUT2D eigenvalue weighted by Gasteiger charge is -2.06. The Hall–Kier alpha value is -3.01. The van der Waals surface area contributed by atoms with Crippen molar-refractivity contribution < 1.29 is 9.53 Å². The lowest BCUT2D eigenvalue weighted by atomic mass is 10.3. The maximum absolute atomic E-state index is 11.9. The summed E-state index contributed by atoms with van der Waals surface area (Å²) in [5.74, 6) is 1.40. The largest absolute Gasteiger partial charge is 0.484 e. The number of ether oxygens (including phenoxy) is 1. The van der Waals surface area contributed by atoms with Crippen LogP contribution in [0.3, 0.4) is 0 Å². The first kappa shape index (κ1) is 18.8. The summed E-state index contributed by atoms with van der Waals surface area (Å²) in [7, 11) is 0. The predicted molar refractivity (Wildman–Crippen MR) is 102 cm³/mol. The van der Waals surface area contributed by atoms with Gasteiger partial charge in [-0.15, -0.1) is 5.10 Å². The fourth-order valence-electron chi connectivity index (χ4n) is 2.23. The van der Waals surface area contributed by atoms with E-state index in [1.165, 1.54) is 0 Å². The minimum Gasteiger partial charge on any atom is -0.484 e. The number of carbonyl (C=O) groups excluding carboxylic acids is 1. The highest BCUT2D eigenvalue weighted by atomic mass is 79.9. The highest BCUT2D eigenvalue weighted by Gasteiger charge is 2.08. The summed E-state index contributed by atoms with van der Waals surface area (Å²) in [5, 5.41) is 10.8. The summed E-state index contributed by atoms with van der Waals surface area (Å²) < 4.78 is 7.98. The van der Waals surface area contributed by atoms with Gasteiger partial charge in [0.2, 0.25) is 0 Å². The van der Waals surface area contributed by atoms with Gasteiger partial charge in [0, 0.05) is 16.2 Å². The van der Waals surface area contributed by atoms with E-state index in [4.69, 9.17) is 10.5 Å². The van der Waals surface area contributed by atoms with Gasteiger partial charge < -0.3 is 15.8 Å². The van der Waals surface area contributed by atoms with E-state index in [-0.39, 0.29) is 19.1 Å². The number of nitrogen functional groups attached to an aromatic ring is 1. The van der Waals surface area contributed by atoms with Crippen molar-refractivity contribution in [2.24, 2.45) is 0 Å². The summed E-state index contributed by atoms with van der Waals surface area (Å²) >= 11 is 3.34. The van der Waals surface area contributed by atoms with Gasteiger partial charge in [-0.1, -0.05) is 21.1 Å². The number of carbonyl (C=O) groups is 1. The topological polar surface area (TPSA) is 121 Å². The molecule has 0 fully saturated rings. The van der Waals surface area contributed by atoms with Gasteiger partial charge in [0.15, 0.2) is 6.61 Å². The summed E-state index contributed by atoms with van der Waals surface area (Å²) in [6.07, 6.45) is 3.40. The fraction of sp³-hybridized carbons (Fsp3) is 0.235. The number of halogens is 1. The second-order valence-corrected chi connectivity index (χ2v) is 6.67. The number of hydrogen-bond acceptors (Lipinski definition) is 7. The molecule has 0 spiro atoms. The van der Waals surface area contributed by atoms with Gasteiger partial charge in [-0.25, -0.2) is 14.6 Å². The van der Waals surface area contributed by atoms with Gasteiger partial charge in [-0.3, -0.25) is 4.79 Å². The maximum Gasteiger partial charge on any atom is 0.258 e. The molecular formula is C17H18BrN7O2. The quantitative estimate of drug-likeness (QED) is 0.580. The lowest BCUT2D eigenvalue weighted by molar-refractivity contribution is -0.123. The Morgan fingerprint density at radius 2 is 2.11 bits per heavy atom. The molecule has 0 saturated heterocycles. The molecule has 0 atom stereocenters. The molecular weight excluding hydrogens is 414 g/mol. The van der Waals surface area contributed by atoms with Gasteiger partial charge in [0.1, 0.15) is 23.1 Å². The normalized spacial score (nSPS) is 10.6. The minimum absolute atomic E-state index is 0.0764. The minimum atomic E-state index is -0.247. The molecule has 0 bridgehead atoms. The van der Waals surface area contributed by atoms with E-state index in [2.05, 4.69) is 41.5 Å². The zero-order valence-corrected chi connectivity index (χ0v) is 16.2. The zero-order valence-electron chi connectivity index (χ0n) is 14.6. The van der Waals surface area contributed by atoms with Crippen LogP contribution in [0.2, 0.25) is 0 Å². The van der Waals surface area contributed by atoms with Crippen LogP contribution in [0.4, 0.5) is 5.82 Å². The van der Waals surface area contributed by atoms with Crippen molar-refractivity contribution in [1.29, 1.82) is 0 Å². The third-order valence-corrected chi connectivity index (χ3v) is 4.12. The average molecular weight is 432 g/mol. The molecule has 3 N–H and O–H groups in total. The third kappa shape index (κ3) is 5.48. The smallest absolute Gasteiger partial charge is 0.258 e. The van der Waals surface area contributed by atoms with Crippen LogP contribution in [0.1, 0.15) is 17.1 Å². The molecule has 0 aliphatic heterocycles. The highest BCUT2D eigenvalue weighted by molar-refractivity contribution is 9.10. The average Bonchev–Trinajstić information content (AvgIpc) is 3.09. The Bertz CT molecular complexity index is 927. The summed E-state index contributed by atoms with van der Waals surface area (Å²) in [6, 6.07) is 7.25. The molecule has 10 heteroatoms. The lowest BCUT2D eigenvalue weighted by Crippen LogP contribution is -2.28. The first-order chi connectivity index (χ1) is 13.0. The van der Waals surface area contributed by atoms with Crippen LogP contribution in [0.15, 0.2) is 41.1 Å². The molecule has 140 valence electrons. The van der Waals surface area contributed by atoms with Crippen molar-refractivity contribution in [3.05, 3.63) is 58.2 Å². The Morgan fingerprint density at radius 1 is 1.33 bits per heavy atom. The number of nitrogens with one attached hydrogen (secondary N) is 1. The van der Waals surface area contributed by atoms with Crippen LogP contribution < -0.4 is 15.8 Å². The summed E-state index contributed by atoms with van der Waals surface area (Å²) in [4.78, 5) is 20.1. The number of anilines is 1. The van der Waals surface area contributed by atoms with E-state index in [0.29, 0.717) is 29.6 Å². The van der Waals surface area contributed by atoms with Crippen LogP contribution in [0, 0.1) is 6.92 Å². The van der Waals surface area contributed by atoms with E-state index in [1.807, 2.05) is 12.1 Å². The maximum atomic E-state index is 11.9. The van der Waals surface area contributed by atoms with Crippen molar-refractivity contribution >= 4 is 27.7 Å². The van der Waals surface area contributed by atoms with Crippen LogP contribution >= 0.6 is 15.9 Å². The Morgan fingerprint density at radius 3 is 2.85 bits per heavy atom. The molecule has 3 rings (SSSR count). The zero-order chi connectivity index (χ0) is 19.2. The molecule has 27 heavy (non-hydrogen) atoms. The number of aryl methyl sites for hydroxylation is 1. The Balaban J connectivity index is 1.47. The van der Waals surface area contributed by atoms with Gasteiger partial charge in [0.05, 0.1) is 19.3 Å². The molecule has 2 heterocycles. The van der Waals surface area contributed by atoms with E-state index in [1.54, 1.807) is 36.1 Å². The number of rotatable bonds is 7. The molecule has 0 aliphatic rings. The number of amides is 1. The molecule has 1 aromatic carbocycles. The van der Waals surface area contributed by atoms with Gasteiger partial charge in [-0.05, 0) is 31.2 Å². The van der Waals surface area contributed by atoms with Gasteiger partial charge in [-0.2, -0.15) is 0 Å². The summed E-state index contributed by atoms with van der Waals surface area (Å²) in [6.45, 7) is 2.35. The van der Waals surface area contributed by atoms with E-state index >= 15 is 0 Å². The number of nitrogens with two attached hydrogens (primary N) is 1. The molecule has 0 saturated carbocycles. The molecule has 1 amide bonds. The van der Waals surface area contributed by atoms with Crippen LogP contribution in [0.5, 0.6) is 5.75 Å². The first-order valence-corrected chi connectivity index (χ1v) is 8.91. The number of hydrogen-bond donors (Lipinski definition) is 2. The third-order valence-electron chi connectivity index (χ3n) is 3.59. The fourth-order valence-corrected chi connectivity index (χ4v) is 2.49. The highest BCUT2D eigenvalue weighted by Crippen LogP contribution is 2.15. The Kier molecular flexibility index (Phi) is 5.97. The standard InChI is InChI=1S/C17H18BrN7O2/c1-11-20-6-12(17(19)22-11)8-25-9-14(23-24-25)7-21-16(26)10-27-15-4-2-13(18)3-5-15/h2-6,9H,7-8,10H2,1H3,(H,21,26)(H2,19,20,22). The molecule has 0 radical (unpaired) electrons. The second kappa shape index (κ2) is 8.58. The van der Waals surface area contributed by atoms with Crippen LogP contribution in [-0.4, -0.2) is 37.5 Å². The summed E-state index contributed by atoms with van der Waals surface area (Å²) in [5.41, 5.74) is 7.26. The van der Waals surface area contributed by atoms with Crippen molar-refractivity contribution in [1.82, 2.24) is 30.3 Å². The van der Waals surface area contributed by atoms with Crippen molar-refractivity contribution in [3.63, 3.8) is 0 Å². The monoisotopic (exact) mass is 431 g/mol. The van der Waals surface area contributed by atoms with Crippen LogP contribution in [0.25, 0.3) is 0 Å². The van der Waals surface area contributed by atoms with Crippen molar-refractivity contribution in [2.45, 2.75) is 20.0 Å². The molecule has 3 aromatic rings. The van der Waals surface area contributed by atoms with Gasteiger partial charge in [0.25, 0.3) is 5.91 Å². The molecule has 0 unspecified atom stereocenters. The first-order valence-electron chi connectivity index (χ1n) is 8.11. The molecule has 0 aliphatic carbocycles. The van der Waals surface area contributed by atoms with Crippen molar-refractivity contribution in [3.8, 4) is 5.75 Å². The number of benzene rings is 1. The molecule has 2 aromatic heterocycles. The SMILES string of the molecule is Cc1ncc(Cn2cc(CNC(=O)COc3ccc(Br)cc3)nn2)c(N)n1. The Labute approximate surface area is 164 Å². The van der Waals surface area contributed by atoms with Crippen LogP contribution in [-0.2, 0) is 17.9 Å². The van der Waals surface area contributed by atoms with E-state index in [9.17, 15) is 4.79 Å². The number of aromatic nitrogens is 5. The van der Waals surface area contributed by atoms with Crippen molar-refractivity contribution in [2.75, 3.05) is 12.3 Å². The van der Waals surface area contributed by atoms with Gasteiger partial charge >= 0.3 is 0 Å². The van der Waals surface area contributed by atoms with E-state index in [0.717, 1.165) is 10.0 Å². The molecule has 9 nitrogen and oxygen atoms in total. The predicted octanol–water partition coefficient (Wildman–Crippen LogP) is 1.46. The van der Waals surface area contributed by atoms with E-state index < -0.39 is 0 Å². The second-order valence-electron chi connectivity index (χ2n) is 5.75.